The number of aromatic nitrogens is 1. The average molecular weight is 335 g/mol. The van der Waals surface area contributed by atoms with Crippen LogP contribution in [-0.4, -0.2) is 57.9 Å². The lowest BCUT2D eigenvalue weighted by atomic mass is 9.81. The van der Waals surface area contributed by atoms with Crippen LogP contribution in [0.1, 0.15) is 24.1 Å². The standard InChI is InChI=1S/C16H21N3O3S/c20-14(11-2-1-3-11)19-6-12-5-18(7-13-4-17-10-23-13)8-16(12,9-19)15(21)22/h4,10-12H,1-3,5-9H2,(H,21,22)/t12-,16-/m1/s1. The highest BCUT2D eigenvalue weighted by molar-refractivity contribution is 7.09. The second-order valence-corrected chi connectivity index (χ2v) is 8.11. The number of thiazole rings is 1. The van der Waals surface area contributed by atoms with Crippen molar-refractivity contribution in [2.45, 2.75) is 25.8 Å². The molecule has 1 N–H and O–H groups in total. The van der Waals surface area contributed by atoms with Crippen LogP contribution in [0.4, 0.5) is 0 Å². The molecule has 1 amide bonds. The van der Waals surface area contributed by atoms with E-state index >= 15 is 0 Å². The normalized spacial score (nSPS) is 31.1. The van der Waals surface area contributed by atoms with Crippen molar-refractivity contribution in [2.75, 3.05) is 26.2 Å². The second-order valence-electron chi connectivity index (χ2n) is 7.14. The minimum Gasteiger partial charge on any atom is -0.481 e. The van der Waals surface area contributed by atoms with Crippen molar-refractivity contribution in [2.24, 2.45) is 17.3 Å². The zero-order valence-electron chi connectivity index (χ0n) is 13.0. The van der Waals surface area contributed by atoms with Crippen LogP contribution in [-0.2, 0) is 16.1 Å². The van der Waals surface area contributed by atoms with Crippen molar-refractivity contribution in [1.82, 2.24) is 14.8 Å². The SMILES string of the molecule is O=C(C1CCC1)N1C[C@H]2CN(Cc3cncs3)C[C@@]2(C(=O)O)C1. The monoisotopic (exact) mass is 335 g/mol. The number of aliphatic carboxylic acids is 1. The summed E-state index contributed by atoms with van der Waals surface area (Å²) in [6.45, 7) is 3.01. The van der Waals surface area contributed by atoms with Gasteiger partial charge in [0.2, 0.25) is 5.91 Å². The summed E-state index contributed by atoms with van der Waals surface area (Å²) < 4.78 is 0. The smallest absolute Gasteiger partial charge is 0.313 e. The molecule has 6 nitrogen and oxygen atoms in total. The number of carbonyl (C=O) groups is 2. The van der Waals surface area contributed by atoms with E-state index in [1.165, 1.54) is 0 Å². The van der Waals surface area contributed by atoms with Gasteiger partial charge in [-0.1, -0.05) is 6.42 Å². The van der Waals surface area contributed by atoms with Gasteiger partial charge in [0.15, 0.2) is 0 Å². The highest BCUT2D eigenvalue weighted by atomic mass is 32.1. The van der Waals surface area contributed by atoms with Crippen LogP contribution in [0.5, 0.6) is 0 Å². The molecule has 3 heterocycles. The summed E-state index contributed by atoms with van der Waals surface area (Å²) in [6.07, 6.45) is 4.91. The summed E-state index contributed by atoms with van der Waals surface area (Å²) >= 11 is 1.60. The lowest BCUT2D eigenvalue weighted by molar-refractivity contribution is -0.149. The predicted molar refractivity (Wildman–Crippen MR) is 84.9 cm³/mol. The Balaban J connectivity index is 1.47. The third-order valence-corrected chi connectivity index (χ3v) is 6.50. The van der Waals surface area contributed by atoms with Gasteiger partial charge in [0.05, 0.1) is 5.51 Å². The Bertz CT molecular complexity index is 616. The summed E-state index contributed by atoms with van der Waals surface area (Å²) in [5, 5.41) is 9.85. The van der Waals surface area contributed by atoms with E-state index in [0.717, 1.165) is 37.2 Å². The number of carboxylic acids is 1. The largest absolute Gasteiger partial charge is 0.481 e. The summed E-state index contributed by atoms with van der Waals surface area (Å²) in [6, 6.07) is 0. The number of amides is 1. The first-order chi connectivity index (χ1) is 11.1. The highest BCUT2D eigenvalue weighted by Gasteiger charge is 2.58. The van der Waals surface area contributed by atoms with Crippen molar-refractivity contribution in [1.29, 1.82) is 0 Å². The molecule has 1 aromatic heterocycles. The molecular formula is C16H21N3O3S. The lowest BCUT2D eigenvalue weighted by Crippen LogP contribution is -2.44. The van der Waals surface area contributed by atoms with Gasteiger partial charge < -0.3 is 10.0 Å². The molecule has 1 saturated carbocycles. The fourth-order valence-corrected chi connectivity index (χ4v) is 4.85. The molecule has 0 unspecified atom stereocenters. The molecule has 124 valence electrons. The van der Waals surface area contributed by atoms with Crippen LogP contribution in [0.25, 0.3) is 0 Å². The first kappa shape index (κ1) is 15.1. The minimum atomic E-state index is -0.788. The Morgan fingerprint density at radius 2 is 2.17 bits per heavy atom. The maximum atomic E-state index is 12.5. The molecule has 0 bridgehead atoms. The van der Waals surface area contributed by atoms with Gasteiger partial charge in [-0.15, -0.1) is 11.3 Å². The van der Waals surface area contributed by atoms with Gasteiger partial charge in [0.25, 0.3) is 0 Å². The second kappa shape index (κ2) is 5.56. The number of hydrogen-bond acceptors (Lipinski definition) is 5. The van der Waals surface area contributed by atoms with Crippen molar-refractivity contribution in [3.8, 4) is 0 Å². The fraction of sp³-hybridized carbons (Fsp3) is 0.688. The molecule has 2 aliphatic heterocycles. The van der Waals surface area contributed by atoms with Crippen molar-refractivity contribution >= 4 is 23.2 Å². The van der Waals surface area contributed by atoms with Crippen LogP contribution < -0.4 is 0 Å². The van der Waals surface area contributed by atoms with E-state index in [2.05, 4.69) is 9.88 Å². The van der Waals surface area contributed by atoms with Crippen molar-refractivity contribution in [3.05, 3.63) is 16.6 Å². The molecule has 23 heavy (non-hydrogen) atoms. The number of fused-ring (bicyclic) bond motifs is 1. The van der Waals surface area contributed by atoms with Gasteiger partial charge in [-0.05, 0) is 12.8 Å². The zero-order valence-corrected chi connectivity index (χ0v) is 13.8. The van der Waals surface area contributed by atoms with Gasteiger partial charge in [-0.25, -0.2) is 0 Å². The predicted octanol–water partition coefficient (Wildman–Crippen LogP) is 1.29. The molecule has 2 atom stereocenters. The Hall–Kier alpha value is -1.47. The molecule has 0 radical (unpaired) electrons. The molecule has 2 saturated heterocycles. The highest BCUT2D eigenvalue weighted by Crippen LogP contribution is 2.44. The van der Waals surface area contributed by atoms with Gasteiger partial charge in [-0.2, -0.15) is 0 Å². The maximum absolute atomic E-state index is 12.5. The van der Waals surface area contributed by atoms with E-state index in [9.17, 15) is 14.7 Å². The zero-order chi connectivity index (χ0) is 16.0. The summed E-state index contributed by atoms with van der Waals surface area (Å²) in [7, 11) is 0. The molecule has 1 aliphatic carbocycles. The Morgan fingerprint density at radius 1 is 1.35 bits per heavy atom. The summed E-state index contributed by atoms with van der Waals surface area (Å²) in [4.78, 5) is 33.7. The van der Waals surface area contributed by atoms with Gasteiger partial charge >= 0.3 is 5.97 Å². The van der Waals surface area contributed by atoms with Gasteiger partial charge in [0, 0.05) is 55.6 Å². The van der Waals surface area contributed by atoms with Crippen LogP contribution in [0.15, 0.2) is 11.7 Å². The molecule has 0 aromatic carbocycles. The van der Waals surface area contributed by atoms with E-state index < -0.39 is 11.4 Å². The molecule has 7 heteroatoms. The van der Waals surface area contributed by atoms with Crippen LogP contribution >= 0.6 is 11.3 Å². The van der Waals surface area contributed by atoms with Crippen LogP contribution in [0.3, 0.4) is 0 Å². The molecule has 1 aromatic rings. The topological polar surface area (TPSA) is 73.7 Å². The third kappa shape index (κ3) is 2.46. The van der Waals surface area contributed by atoms with E-state index in [4.69, 9.17) is 0 Å². The van der Waals surface area contributed by atoms with Crippen molar-refractivity contribution < 1.29 is 14.7 Å². The number of rotatable bonds is 4. The van der Waals surface area contributed by atoms with Crippen LogP contribution in [0, 0.1) is 17.3 Å². The fourth-order valence-electron chi connectivity index (χ4n) is 4.21. The number of nitrogens with zero attached hydrogens (tertiary/aromatic N) is 3. The number of carboxylic acid groups (broad SMARTS) is 1. The Labute approximate surface area is 139 Å². The minimum absolute atomic E-state index is 0.0388. The van der Waals surface area contributed by atoms with E-state index in [1.807, 2.05) is 11.1 Å². The maximum Gasteiger partial charge on any atom is 0.313 e. The van der Waals surface area contributed by atoms with E-state index in [1.54, 1.807) is 16.8 Å². The van der Waals surface area contributed by atoms with Crippen molar-refractivity contribution in [3.63, 3.8) is 0 Å². The summed E-state index contributed by atoms with van der Waals surface area (Å²) in [5.41, 5.74) is 1.02. The molecule has 3 aliphatic rings. The first-order valence-electron chi connectivity index (χ1n) is 8.20. The van der Waals surface area contributed by atoms with E-state index in [-0.39, 0.29) is 17.7 Å². The number of likely N-dealkylation sites (tertiary alicyclic amines) is 2. The Kier molecular flexibility index (Phi) is 3.65. The average Bonchev–Trinajstić information content (AvgIpc) is 3.10. The quantitative estimate of drug-likeness (QED) is 0.897. The Morgan fingerprint density at radius 3 is 2.74 bits per heavy atom. The molecule has 4 rings (SSSR count). The third-order valence-electron chi connectivity index (χ3n) is 5.73. The lowest BCUT2D eigenvalue weighted by Gasteiger charge is -2.31. The molecule has 0 spiro atoms. The van der Waals surface area contributed by atoms with Gasteiger partial charge in [0.1, 0.15) is 5.41 Å². The summed E-state index contributed by atoms with van der Waals surface area (Å²) in [5.74, 6) is -0.386. The van der Waals surface area contributed by atoms with E-state index in [0.29, 0.717) is 19.6 Å². The molecule has 3 fully saturated rings. The number of carbonyl (C=O) groups excluding carboxylic acids is 1. The first-order valence-corrected chi connectivity index (χ1v) is 9.08. The van der Waals surface area contributed by atoms with Crippen LogP contribution in [0.2, 0.25) is 0 Å². The number of hydrogen-bond donors (Lipinski definition) is 1. The van der Waals surface area contributed by atoms with Gasteiger partial charge in [-0.3, -0.25) is 19.5 Å². The molecular weight excluding hydrogens is 314 g/mol.